The second-order valence-electron chi connectivity index (χ2n) is 3.71. The molecule has 6 nitrogen and oxygen atoms in total. The molecule has 1 saturated heterocycles. The third-order valence-electron chi connectivity index (χ3n) is 2.44. The van der Waals surface area contributed by atoms with Gasteiger partial charge in [-0.15, -0.1) is 0 Å². The van der Waals surface area contributed by atoms with Crippen molar-refractivity contribution in [2.24, 2.45) is 0 Å². The zero-order valence-electron chi connectivity index (χ0n) is 9.20. The molecule has 1 heterocycles. The fourth-order valence-electron chi connectivity index (χ4n) is 1.54. The van der Waals surface area contributed by atoms with E-state index in [9.17, 15) is 14.4 Å². The molecule has 0 aromatic heterocycles. The Morgan fingerprint density at radius 3 is 2.67 bits per heavy atom. The average Bonchev–Trinajstić information content (AvgIpc) is 2.65. The first-order chi connectivity index (χ1) is 8.58. The van der Waals surface area contributed by atoms with Crippen LogP contribution in [0.5, 0.6) is 0 Å². The summed E-state index contributed by atoms with van der Waals surface area (Å²) < 4.78 is 0.669. The number of halogens is 1. The Morgan fingerprint density at radius 1 is 1.33 bits per heavy atom. The lowest BCUT2D eigenvalue weighted by atomic mass is 10.2. The van der Waals surface area contributed by atoms with E-state index in [1.165, 1.54) is 0 Å². The predicted molar refractivity (Wildman–Crippen MR) is 66.9 cm³/mol. The molecule has 2 rings (SSSR count). The molecule has 0 bridgehead atoms. The van der Waals surface area contributed by atoms with Gasteiger partial charge in [0.2, 0.25) is 0 Å². The van der Waals surface area contributed by atoms with Crippen molar-refractivity contribution in [2.45, 2.75) is 6.04 Å². The lowest BCUT2D eigenvalue weighted by Gasteiger charge is -2.09. The van der Waals surface area contributed by atoms with Gasteiger partial charge < -0.3 is 10.6 Å². The number of carbonyl (C=O) groups excluding carboxylic acids is 3. The van der Waals surface area contributed by atoms with Crippen molar-refractivity contribution in [1.82, 2.24) is 16.0 Å². The summed E-state index contributed by atoms with van der Waals surface area (Å²) in [5, 5.41) is 7.08. The van der Waals surface area contributed by atoms with E-state index < -0.39 is 18.0 Å². The maximum Gasteiger partial charge on any atom is 0.322 e. The second-order valence-corrected chi connectivity index (χ2v) is 4.56. The number of hydrogen-bond acceptors (Lipinski definition) is 3. The van der Waals surface area contributed by atoms with Crippen LogP contribution in [0.3, 0.4) is 0 Å². The molecule has 0 saturated carbocycles. The summed E-state index contributed by atoms with van der Waals surface area (Å²) in [5.41, 5.74) is 0.474. The van der Waals surface area contributed by atoms with Gasteiger partial charge in [-0.3, -0.25) is 14.9 Å². The number of rotatable bonds is 3. The maximum atomic E-state index is 11.8. The van der Waals surface area contributed by atoms with Gasteiger partial charge in [-0.1, -0.05) is 12.1 Å². The molecule has 1 aromatic carbocycles. The van der Waals surface area contributed by atoms with Crippen LogP contribution in [0.25, 0.3) is 0 Å². The minimum atomic E-state index is -0.719. The highest BCUT2D eigenvalue weighted by atomic mass is 79.9. The number of urea groups is 1. The quantitative estimate of drug-likeness (QED) is 0.706. The highest BCUT2D eigenvalue weighted by Gasteiger charge is 2.29. The van der Waals surface area contributed by atoms with Crippen LogP contribution in [-0.2, 0) is 4.79 Å². The van der Waals surface area contributed by atoms with Crippen molar-refractivity contribution in [1.29, 1.82) is 0 Å². The van der Waals surface area contributed by atoms with E-state index in [1.807, 2.05) is 0 Å². The van der Waals surface area contributed by atoms with E-state index in [4.69, 9.17) is 0 Å². The summed E-state index contributed by atoms with van der Waals surface area (Å²) in [5.74, 6) is -0.746. The standard InChI is InChI=1S/C11H10BrN3O3/c12-7-4-2-1-3-6(7)9(16)13-5-8-10(17)15-11(18)14-8/h1-4,8H,5H2,(H,13,16)(H2,14,15,17,18). The molecule has 1 atom stereocenters. The number of imide groups is 1. The highest BCUT2D eigenvalue weighted by molar-refractivity contribution is 9.10. The Bertz CT molecular complexity index is 518. The van der Waals surface area contributed by atoms with Crippen LogP contribution in [-0.4, -0.2) is 30.4 Å². The summed E-state index contributed by atoms with van der Waals surface area (Å²) in [6.07, 6.45) is 0. The molecule has 18 heavy (non-hydrogen) atoms. The van der Waals surface area contributed by atoms with Gasteiger partial charge in [-0.05, 0) is 28.1 Å². The van der Waals surface area contributed by atoms with Gasteiger partial charge in [0.25, 0.3) is 11.8 Å². The fourth-order valence-corrected chi connectivity index (χ4v) is 2.00. The Balaban J connectivity index is 1.95. The molecule has 1 aliphatic heterocycles. The van der Waals surface area contributed by atoms with Crippen LogP contribution in [0.2, 0.25) is 0 Å². The Labute approximate surface area is 111 Å². The van der Waals surface area contributed by atoms with E-state index in [2.05, 4.69) is 31.9 Å². The van der Waals surface area contributed by atoms with Gasteiger partial charge >= 0.3 is 6.03 Å². The van der Waals surface area contributed by atoms with Gasteiger partial charge in [0.05, 0.1) is 5.56 Å². The smallest absolute Gasteiger partial charge is 0.322 e. The first-order valence-corrected chi connectivity index (χ1v) is 6.01. The number of amides is 4. The largest absolute Gasteiger partial charge is 0.349 e. The van der Waals surface area contributed by atoms with Crippen LogP contribution in [0.15, 0.2) is 28.7 Å². The van der Waals surface area contributed by atoms with Crippen molar-refractivity contribution in [3.63, 3.8) is 0 Å². The summed E-state index contributed by atoms with van der Waals surface area (Å²) in [6.45, 7) is 0.0533. The van der Waals surface area contributed by atoms with E-state index in [-0.39, 0.29) is 12.5 Å². The van der Waals surface area contributed by atoms with Gasteiger partial charge in [0.15, 0.2) is 0 Å². The van der Waals surface area contributed by atoms with Crippen molar-refractivity contribution >= 4 is 33.8 Å². The van der Waals surface area contributed by atoms with E-state index in [0.717, 1.165) is 0 Å². The number of hydrogen-bond donors (Lipinski definition) is 3. The molecular weight excluding hydrogens is 302 g/mol. The minimum absolute atomic E-state index is 0.0533. The van der Waals surface area contributed by atoms with E-state index in [0.29, 0.717) is 10.0 Å². The molecule has 1 aliphatic rings. The zero-order chi connectivity index (χ0) is 13.1. The summed E-state index contributed by atoms with van der Waals surface area (Å²) in [6, 6.07) is 5.69. The number of carbonyl (C=O) groups is 3. The molecule has 1 unspecified atom stereocenters. The van der Waals surface area contributed by atoms with Gasteiger partial charge in [-0.2, -0.15) is 0 Å². The highest BCUT2D eigenvalue weighted by Crippen LogP contribution is 2.15. The lowest BCUT2D eigenvalue weighted by Crippen LogP contribution is -2.41. The first kappa shape index (κ1) is 12.6. The summed E-state index contributed by atoms with van der Waals surface area (Å²) in [7, 11) is 0. The zero-order valence-corrected chi connectivity index (χ0v) is 10.8. The van der Waals surface area contributed by atoms with Crippen LogP contribution in [0.1, 0.15) is 10.4 Å². The van der Waals surface area contributed by atoms with Crippen LogP contribution >= 0.6 is 15.9 Å². The van der Waals surface area contributed by atoms with E-state index in [1.54, 1.807) is 24.3 Å². The minimum Gasteiger partial charge on any atom is -0.349 e. The fraction of sp³-hybridized carbons (Fsp3) is 0.182. The number of nitrogens with one attached hydrogen (secondary N) is 3. The SMILES string of the molecule is O=C1NC(=O)C(CNC(=O)c2ccccc2Br)N1. The van der Waals surface area contributed by atoms with Crippen LogP contribution < -0.4 is 16.0 Å². The molecule has 3 N–H and O–H groups in total. The van der Waals surface area contributed by atoms with Gasteiger partial charge in [0.1, 0.15) is 6.04 Å². The molecular formula is C11H10BrN3O3. The van der Waals surface area contributed by atoms with Crippen molar-refractivity contribution in [3.05, 3.63) is 34.3 Å². The Morgan fingerprint density at radius 2 is 2.06 bits per heavy atom. The molecule has 4 amide bonds. The lowest BCUT2D eigenvalue weighted by molar-refractivity contribution is -0.120. The molecule has 0 spiro atoms. The van der Waals surface area contributed by atoms with Crippen molar-refractivity contribution < 1.29 is 14.4 Å². The normalized spacial score (nSPS) is 18.2. The molecule has 0 radical (unpaired) electrons. The van der Waals surface area contributed by atoms with Crippen molar-refractivity contribution in [2.75, 3.05) is 6.54 Å². The Kier molecular flexibility index (Phi) is 3.61. The third-order valence-corrected chi connectivity index (χ3v) is 3.14. The topological polar surface area (TPSA) is 87.3 Å². The predicted octanol–water partition coefficient (Wildman–Crippen LogP) is 0.387. The third kappa shape index (κ3) is 2.67. The molecule has 7 heteroatoms. The molecule has 0 aliphatic carbocycles. The number of benzene rings is 1. The summed E-state index contributed by atoms with van der Waals surface area (Å²) in [4.78, 5) is 33.9. The summed E-state index contributed by atoms with van der Waals surface area (Å²) >= 11 is 3.26. The average molecular weight is 312 g/mol. The molecule has 1 fully saturated rings. The van der Waals surface area contributed by atoms with Crippen molar-refractivity contribution in [3.8, 4) is 0 Å². The van der Waals surface area contributed by atoms with Gasteiger partial charge in [0, 0.05) is 11.0 Å². The molecule has 94 valence electrons. The maximum absolute atomic E-state index is 11.8. The van der Waals surface area contributed by atoms with Crippen LogP contribution in [0.4, 0.5) is 4.79 Å². The van der Waals surface area contributed by atoms with Crippen LogP contribution in [0, 0.1) is 0 Å². The van der Waals surface area contributed by atoms with Gasteiger partial charge in [-0.25, -0.2) is 4.79 Å². The Hall–Kier alpha value is -1.89. The van der Waals surface area contributed by atoms with E-state index >= 15 is 0 Å². The molecule has 1 aromatic rings. The second kappa shape index (κ2) is 5.18. The first-order valence-electron chi connectivity index (χ1n) is 5.22. The monoisotopic (exact) mass is 311 g/mol.